The molecule has 4 heteroatoms. The second-order valence-corrected chi connectivity index (χ2v) is 5.24. The average Bonchev–Trinajstić information content (AvgIpc) is 3.37. The molecular formula is C17H20N2O2. The topological polar surface area (TPSA) is 43.4 Å². The molecule has 21 heavy (non-hydrogen) atoms. The van der Waals surface area contributed by atoms with Crippen molar-refractivity contribution in [2.75, 3.05) is 14.2 Å². The highest BCUT2D eigenvalue weighted by Crippen LogP contribution is 2.31. The summed E-state index contributed by atoms with van der Waals surface area (Å²) in [6.07, 6.45) is 4.33. The third-order valence-electron chi connectivity index (χ3n) is 3.70. The summed E-state index contributed by atoms with van der Waals surface area (Å²) >= 11 is 0. The zero-order chi connectivity index (χ0) is 14.7. The Bertz CT molecular complexity index is 624. The van der Waals surface area contributed by atoms with Crippen LogP contribution in [0, 0.1) is 0 Å². The van der Waals surface area contributed by atoms with E-state index >= 15 is 0 Å². The molecule has 0 bridgehead atoms. The van der Waals surface area contributed by atoms with Crippen LogP contribution in [0.1, 0.15) is 18.4 Å². The molecule has 1 aliphatic carbocycles. The molecule has 1 heterocycles. The molecule has 3 rings (SSSR count). The van der Waals surface area contributed by atoms with Crippen molar-refractivity contribution in [1.82, 2.24) is 10.3 Å². The maximum absolute atomic E-state index is 5.45. The number of nitrogens with zero attached hydrogens (tertiary/aromatic N) is 1. The maximum Gasteiger partial charge on any atom is 0.145 e. The van der Waals surface area contributed by atoms with E-state index in [0.29, 0.717) is 6.04 Å². The molecule has 1 N–H and O–H groups in total. The average molecular weight is 284 g/mol. The third kappa shape index (κ3) is 3.16. The molecule has 0 amide bonds. The van der Waals surface area contributed by atoms with Crippen LogP contribution in [-0.2, 0) is 6.54 Å². The Balaban J connectivity index is 1.92. The van der Waals surface area contributed by atoms with Crippen LogP contribution in [0.5, 0.6) is 11.5 Å². The van der Waals surface area contributed by atoms with Crippen molar-refractivity contribution in [3.63, 3.8) is 0 Å². The van der Waals surface area contributed by atoms with Crippen molar-refractivity contribution in [1.29, 1.82) is 0 Å². The fourth-order valence-electron chi connectivity index (χ4n) is 2.38. The molecule has 0 saturated heterocycles. The van der Waals surface area contributed by atoms with Crippen LogP contribution in [-0.4, -0.2) is 25.2 Å². The molecule has 0 radical (unpaired) electrons. The molecule has 1 aromatic carbocycles. The number of methoxy groups -OCH3 is 2. The van der Waals surface area contributed by atoms with E-state index in [2.05, 4.69) is 16.4 Å². The molecule has 0 atom stereocenters. The first kappa shape index (κ1) is 13.9. The van der Waals surface area contributed by atoms with Crippen LogP contribution in [0.4, 0.5) is 0 Å². The van der Waals surface area contributed by atoms with E-state index in [1.54, 1.807) is 20.4 Å². The van der Waals surface area contributed by atoms with E-state index in [-0.39, 0.29) is 0 Å². The summed E-state index contributed by atoms with van der Waals surface area (Å²) in [5.74, 6) is 1.69. The number of rotatable bonds is 6. The number of pyridine rings is 1. The van der Waals surface area contributed by atoms with Crippen LogP contribution in [0.3, 0.4) is 0 Å². The molecule has 1 aromatic heterocycles. The summed E-state index contributed by atoms with van der Waals surface area (Å²) in [7, 11) is 3.37. The summed E-state index contributed by atoms with van der Waals surface area (Å²) in [5.41, 5.74) is 3.05. The summed E-state index contributed by atoms with van der Waals surface area (Å²) in [5, 5.41) is 3.52. The molecule has 1 aliphatic rings. The Morgan fingerprint density at radius 3 is 2.67 bits per heavy atom. The predicted molar refractivity (Wildman–Crippen MR) is 82.6 cm³/mol. The largest absolute Gasteiger partial charge is 0.496 e. The number of benzene rings is 1. The lowest BCUT2D eigenvalue weighted by Crippen LogP contribution is -2.15. The molecule has 2 aromatic rings. The van der Waals surface area contributed by atoms with E-state index < -0.39 is 0 Å². The molecule has 1 saturated carbocycles. The highest BCUT2D eigenvalue weighted by Gasteiger charge is 2.21. The highest BCUT2D eigenvalue weighted by molar-refractivity contribution is 5.68. The predicted octanol–water partition coefficient (Wildman–Crippen LogP) is 3.02. The minimum absolute atomic E-state index is 0.669. The van der Waals surface area contributed by atoms with Gasteiger partial charge >= 0.3 is 0 Å². The van der Waals surface area contributed by atoms with E-state index in [1.807, 2.05) is 24.3 Å². The number of ether oxygens (including phenoxy) is 2. The minimum atomic E-state index is 0.669. The smallest absolute Gasteiger partial charge is 0.145 e. The number of hydrogen-bond donors (Lipinski definition) is 1. The Kier molecular flexibility index (Phi) is 4.06. The highest BCUT2D eigenvalue weighted by atomic mass is 16.5. The number of hydrogen-bond acceptors (Lipinski definition) is 4. The lowest BCUT2D eigenvalue weighted by molar-refractivity contribution is 0.407. The molecule has 0 aliphatic heterocycles. The summed E-state index contributed by atoms with van der Waals surface area (Å²) in [6.45, 7) is 0.816. The van der Waals surface area contributed by atoms with E-state index in [4.69, 9.17) is 9.47 Å². The lowest BCUT2D eigenvalue weighted by atomic mass is 10.1. The molecular weight excluding hydrogens is 264 g/mol. The quantitative estimate of drug-likeness (QED) is 0.885. The van der Waals surface area contributed by atoms with Crippen molar-refractivity contribution < 1.29 is 9.47 Å². The SMILES string of the molecule is COc1ccc(-c2ncccc2OC)cc1CNC1CC1. The van der Waals surface area contributed by atoms with Crippen LogP contribution >= 0.6 is 0 Å². The van der Waals surface area contributed by atoms with Gasteiger partial charge in [-0.05, 0) is 43.2 Å². The van der Waals surface area contributed by atoms with Gasteiger partial charge in [0.15, 0.2) is 0 Å². The Hall–Kier alpha value is -2.07. The lowest BCUT2D eigenvalue weighted by Gasteiger charge is -2.13. The van der Waals surface area contributed by atoms with Gasteiger partial charge < -0.3 is 14.8 Å². The normalized spacial score (nSPS) is 14.0. The van der Waals surface area contributed by atoms with E-state index in [1.165, 1.54) is 12.8 Å². The third-order valence-corrected chi connectivity index (χ3v) is 3.70. The van der Waals surface area contributed by atoms with Crippen LogP contribution in [0.25, 0.3) is 11.3 Å². The second-order valence-electron chi connectivity index (χ2n) is 5.24. The minimum Gasteiger partial charge on any atom is -0.496 e. The van der Waals surface area contributed by atoms with Gasteiger partial charge in [0.2, 0.25) is 0 Å². The van der Waals surface area contributed by atoms with Crippen molar-refractivity contribution >= 4 is 0 Å². The molecule has 0 spiro atoms. The van der Waals surface area contributed by atoms with Gasteiger partial charge in [0.25, 0.3) is 0 Å². The first-order valence-corrected chi connectivity index (χ1v) is 7.21. The van der Waals surface area contributed by atoms with Gasteiger partial charge in [-0.2, -0.15) is 0 Å². The van der Waals surface area contributed by atoms with Gasteiger partial charge in [-0.1, -0.05) is 0 Å². The molecule has 110 valence electrons. The zero-order valence-corrected chi connectivity index (χ0v) is 12.4. The number of nitrogens with one attached hydrogen (secondary N) is 1. The van der Waals surface area contributed by atoms with Gasteiger partial charge in [-0.25, -0.2) is 0 Å². The molecule has 4 nitrogen and oxygen atoms in total. The first-order valence-electron chi connectivity index (χ1n) is 7.21. The van der Waals surface area contributed by atoms with Crippen LogP contribution in [0.2, 0.25) is 0 Å². The second kappa shape index (κ2) is 6.14. The van der Waals surface area contributed by atoms with Crippen LogP contribution < -0.4 is 14.8 Å². The van der Waals surface area contributed by atoms with Gasteiger partial charge in [0.05, 0.1) is 14.2 Å². The van der Waals surface area contributed by atoms with Crippen molar-refractivity contribution in [2.45, 2.75) is 25.4 Å². The monoisotopic (exact) mass is 284 g/mol. The van der Waals surface area contributed by atoms with Crippen LogP contribution in [0.15, 0.2) is 36.5 Å². The summed E-state index contributed by atoms with van der Waals surface area (Å²) in [6, 6.07) is 10.6. The van der Waals surface area contributed by atoms with Gasteiger partial charge in [0.1, 0.15) is 17.2 Å². The van der Waals surface area contributed by atoms with Gasteiger partial charge in [-0.15, -0.1) is 0 Å². The number of aromatic nitrogens is 1. The fraction of sp³-hybridized carbons (Fsp3) is 0.353. The summed E-state index contributed by atoms with van der Waals surface area (Å²) in [4.78, 5) is 4.44. The zero-order valence-electron chi connectivity index (χ0n) is 12.4. The van der Waals surface area contributed by atoms with Gasteiger partial charge in [-0.3, -0.25) is 4.98 Å². The standard InChI is InChI=1S/C17H20N2O2/c1-20-15-8-5-12(10-13(15)11-19-14-6-7-14)17-16(21-2)4-3-9-18-17/h3-5,8-10,14,19H,6-7,11H2,1-2H3. The fourth-order valence-corrected chi connectivity index (χ4v) is 2.38. The van der Waals surface area contributed by atoms with E-state index in [9.17, 15) is 0 Å². The van der Waals surface area contributed by atoms with Crippen molar-refractivity contribution in [3.8, 4) is 22.8 Å². The Morgan fingerprint density at radius 2 is 1.95 bits per heavy atom. The van der Waals surface area contributed by atoms with E-state index in [0.717, 1.165) is 34.9 Å². The summed E-state index contributed by atoms with van der Waals surface area (Å²) < 4.78 is 10.8. The Morgan fingerprint density at radius 1 is 1.14 bits per heavy atom. The molecule has 0 unspecified atom stereocenters. The molecule has 1 fully saturated rings. The van der Waals surface area contributed by atoms with Crippen molar-refractivity contribution in [3.05, 3.63) is 42.1 Å². The van der Waals surface area contributed by atoms with Crippen molar-refractivity contribution in [2.24, 2.45) is 0 Å². The van der Waals surface area contributed by atoms with Gasteiger partial charge in [0, 0.05) is 29.9 Å². The maximum atomic E-state index is 5.45. The Labute approximate surface area is 125 Å². The first-order chi connectivity index (χ1) is 10.3.